The summed E-state index contributed by atoms with van der Waals surface area (Å²) in [5, 5.41) is 17.0. The standard InChI is InChI=1S/C53H64N6O9S/c1-52(2)43-19-12-13-20-45(43)56(34-15-7-11-23-49(61)55-33-36-58-50(62)30-31-51(58)63)47(52)21-9-5-10-22-48-53(3,4)44-37-42(69(66,67)68)28-29-46(44)57(48)35-14-6-8-17-41(60)18-16-32-54-38-39-24-26-40(27-25-39)59(64)65/h5,9-10,12-13,19-22,24-31,37,54H,6-8,11,14-18,23,32-36,38H2,1-4H3,(H-,55,61,66,67,68). The molecule has 3 heterocycles. The van der Waals surface area contributed by atoms with Crippen molar-refractivity contribution in [2.45, 2.75) is 114 Å². The van der Waals surface area contributed by atoms with E-state index in [4.69, 9.17) is 0 Å². The summed E-state index contributed by atoms with van der Waals surface area (Å²) < 4.78 is 38.6. The van der Waals surface area contributed by atoms with E-state index in [1.165, 1.54) is 42.0 Å². The summed E-state index contributed by atoms with van der Waals surface area (Å²) in [5.74, 6) is -0.632. The Labute approximate surface area is 405 Å². The Hall–Kier alpha value is -6.36. The average molecular weight is 961 g/mol. The number of anilines is 1. The number of nitro benzene ring substituents is 1. The lowest BCUT2D eigenvalue weighted by Crippen LogP contribution is -2.38. The lowest BCUT2D eigenvalue weighted by Gasteiger charge is -2.27. The number of para-hydroxylation sites is 1. The van der Waals surface area contributed by atoms with Crippen molar-refractivity contribution in [3.63, 3.8) is 0 Å². The molecule has 0 saturated carbocycles. The van der Waals surface area contributed by atoms with Crippen LogP contribution in [0.1, 0.15) is 109 Å². The van der Waals surface area contributed by atoms with Crippen LogP contribution in [0.2, 0.25) is 0 Å². The lowest BCUT2D eigenvalue weighted by atomic mass is 9.81. The van der Waals surface area contributed by atoms with Crippen molar-refractivity contribution in [2.75, 3.05) is 37.6 Å². The molecule has 0 radical (unpaired) electrons. The van der Waals surface area contributed by atoms with Gasteiger partial charge in [0, 0.05) is 111 Å². The third kappa shape index (κ3) is 13.2. The van der Waals surface area contributed by atoms with E-state index in [1.54, 1.807) is 18.2 Å². The number of carbonyl (C=O) groups excluding carboxylic acids is 4. The summed E-state index contributed by atoms with van der Waals surface area (Å²) in [6, 6.07) is 19.4. The van der Waals surface area contributed by atoms with Crippen LogP contribution in [0.15, 0.2) is 120 Å². The van der Waals surface area contributed by atoms with E-state index in [0.29, 0.717) is 51.7 Å². The van der Waals surface area contributed by atoms with Crippen LogP contribution < -0.4 is 15.5 Å². The first kappa shape index (κ1) is 52.0. The average Bonchev–Trinajstić information content (AvgIpc) is 3.83. The van der Waals surface area contributed by atoms with Gasteiger partial charge in [-0.25, -0.2) is 8.42 Å². The number of carbonyl (C=O) groups is 4. The highest BCUT2D eigenvalue weighted by atomic mass is 32.2. The van der Waals surface area contributed by atoms with Crippen LogP contribution in [0.25, 0.3) is 0 Å². The molecule has 15 nitrogen and oxygen atoms in total. The Morgan fingerprint density at radius 3 is 2.17 bits per heavy atom. The van der Waals surface area contributed by atoms with Crippen LogP contribution >= 0.6 is 0 Å². The maximum atomic E-state index is 12.7. The third-order valence-electron chi connectivity index (χ3n) is 13.1. The molecule has 366 valence electrons. The summed E-state index contributed by atoms with van der Waals surface area (Å²) in [4.78, 5) is 62.2. The number of rotatable bonds is 26. The van der Waals surface area contributed by atoms with Gasteiger partial charge in [-0.15, -0.1) is 0 Å². The molecule has 6 rings (SSSR count). The molecular formula is C53H64N6O9S. The van der Waals surface area contributed by atoms with Gasteiger partial charge < -0.3 is 20.1 Å². The lowest BCUT2D eigenvalue weighted by molar-refractivity contribution is -0.438. The molecule has 0 aromatic heterocycles. The number of hydrogen-bond acceptors (Lipinski definition) is 11. The molecule has 0 saturated heterocycles. The molecule has 0 unspecified atom stereocenters. The van der Waals surface area contributed by atoms with Gasteiger partial charge >= 0.3 is 0 Å². The molecule has 16 heteroatoms. The minimum Gasteiger partial charge on any atom is -0.744 e. The van der Waals surface area contributed by atoms with Gasteiger partial charge in [0.25, 0.3) is 17.5 Å². The fraction of sp³-hybridized carbons (Fsp3) is 0.415. The van der Waals surface area contributed by atoms with Crippen molar-refractivity contribution in [1.29, 1.82) is 0 Å². The minimum atomic E-state index is -4.67. The van der Waals surface area contributed by atoms with Crippen LogP contribution in [0, 0.1) is 10.1 Å². The second-order valence-corrected chi connectivity index (χ2v) is 20.1. The molecule has 3 aromatic carbocycles. The Morgan fingerprint density at radius 1 is 0.754 bits per heavy atom. The highest BCUT2D eigenvalue weighted by molar-refractivity contribution is 7.85. The van der Waals surface area contributed by atoms with E-state index >= 15 is 0 Å². The van der Waals surface area contributed by atoms with E-state index in [0.717, 1.165) is 77.5 Å². The predicted molar refractivity (Wildman–Crippen MR) is 265 cm³/mol. The largest absolute Gasteiger partial charge is 0.744 e. The number of ketones is 1. The first-order chi connectivity index (χ1) is 32.9. The zero-order valence-corrected chi connectivity index (χ0v) is 40.9. The number of nitro groups is 1. The number of nitrogens with zero attached hydrogens (tertiary/aromatic N) is 4. The monoisotopic (exact) mass is 960 g/mol. The third-order valence-corrected chi connectivity index (χ3v) is 14.0. The second-order valence-electron chi connectivity index (χ2n) is 18.8. The predicted octanol–water partition coefficient (Wildman–Crippen LogP) is 7.97. The quantitative estimate of drug-likeness (QED) is 0.0150. The summed E-state index contributed by atoms with van der Waals surface area (Å²) in [6.45, 7) is 11.5. The molecule has 3 amide bonds. The van der Waals surface area contributed by atoms with Crippen molar-refractivity contribution < 1.29 is 41.6 Å². The van der Waals surface area contributed by atoms with Gasteiger partial charge in [-0.2, -0.15) is 4.58 Å². The van der Waals surface area contributed by atoms with Crippen molar-refractivity contribution in [3.8, 4) is 0 Å². The molecular weight excluding hydrogens is 897 g/mol. The molecule has 3 aliphatic heterocycles. The van der Waals surface area contributed by atoms with Crippen molar-refractivity contribution in [3.05, 3.63) is 142 Å². The van der Waals surface area contributed by atoms with Crippen LogP contribution in [-0.4, -0.2) is 89.3 Å². The zero-order chi connectivity index (χ0) is 49.8. The molecule has 0 atom stereocenters. The highest BCUT2D eigenvalue weighted by Gasteiger charge is 2.44. The second kappa shape index (κ2) is 23.3. The number of amides is 3. The van der Waals surface area contributed by atoms with E-state index < -0.39 is 20.5 Å². The first-order valence-corrected chi connectivity index (χ1v) is 25.2. The summed E-state index contributed by atoms with van der Waals surface area (Å²) in [7, 11) is -4.67. The SMILES string of the molecule is CC1(C)C(/C=C/C=C/C=C2/N(CCCCCC(=O)CCCNCc3ccc([N+](=O)[O-])cc3)c3ccc(S(=O)(=O)[O-])cc3C2(C)C)=[N+](CCCCCC(=O)NCCN2C(=O)C=CC2=O)c2ccccc21. The van der Waals surface area contributed by atoms with E-state index in [2.05, 4.69) is 58.2 Å². The van der Waals surface area contributed by atoms with Crippen LogP contribution in [-0.2, 0) is 46.7 Å². The fourth-order valence-electron chi connectivity index (χ4n) is 9.34. The molecule has 0 aliphatic carbocycles. The highest BCUT2D eigenvalue weighted by Crippen LogP contribution is 2.48. The van der Waals surface area contributed by atoms with Gasteiger partial charge in [-0.1, -0.05) is 68.8 Å². The number of fused-ring (bicyclic) bond motifs is 2. The normalized spacial score (nSPS) is 16.7. The molecule has 3 aliphatic rings. The van der Waals surface area contributed by atoms with Crippen LogP contribution in [0.3, 0.4) is 0 Å². The maximum absolute atomic E-state index is 12.7. The molecule has 3 aromatic rings. The smallest absolute Gasteiger partial charge is 0.269 e. The Bertz CT molecular complexity index is 2660. The number of unbranched alkanes of at least 4 members (excludes halogenated alkanes) is 4. The van der Waals surface area contributed by atoms with Gasteiger partial charge in [-0.3, -0.25) is 34.2 Å². The molecule has 0 bridgehead atoms. The summed E-state index contributed by atoms with van der Waals surface area (Å²) in [6.07, 6.45) is 19.4. The van der Waals surface area contributed by atoms with Crippen molar-refractivity contribution in [2.24, 2.45) is 0 Å². The number of Topliss-reactive ketones (excluding diaryl/α,β-unsaturated/α-hetero) is 1. The number of hydrogen-bond donors (Lipinski definition) is 2. The maximum Gasteiger partial charge on any atom is 0.269 e. The van der Waals surface area contributed by atoms with Crippen LogP contribution in [0.5, 0.6) is 0 Å². The number of nitrogens with one attached hydrogen (secondary N) is 2. The molecule has 0 fully saturated rings. The topological polar surface area (TPSA) is 202 Å². The van der Waals surface area contributed by atoms with Crippen molar-refractivity contribution >= 4 is 56.4 Å². The molecule has 0 spiro atoms. The Kier molecular flexibility index (Phi) is 17.6. The van der Waals surface area contributed by atoms with Crippen molar-refractivity contribution in [1.82, 2.24) is 15.5 Å². The first-order valence-electron chi connectivity index (χ1n) is 23.8. The summed E-state index contributed by atoms with van der Waals surface area (Å²) in [5.41, 5.74) is 6.22. The number of benzene rings is 3. The van der Waals surface area contributed by atoms with Gasteiger partial charge in [0.2, 0.25) is 11.6 Å². The zero-order valence-electron chi connectivity index (χ0n) is 40.1. The molecule has 2 N–H and O–H groups in total. The van der Waals surface area contributed by atoms with Gasteiger partial charge in [-0.05, 0) is 87.9 Å². The number of non-ortho nitro benzene ring substituents is 1. The van der Waals surface area contributed by atoms with Gasteiger partial charge in [0.1, 0.15) is 22.4 Å². The summed E-state index contributed by atoms with van der Waals surface area (Å²) >= 11 is 0. The van der Waals surface area contributed by atoms with E-state index in [9.17, 15) is 42.3 Å². The van der Waals surface area contributed by atoms with Gasteiger partial charge in [0.15, 0.2) is 5.71 Å². The minimum absolute atomic E-state index is 0.0529. The number of allylic oxidation sites excluding steroid dienone is 6. The van der Waals surface area contributed by atoms with E-state index in [1.807, 2.05) is 44.2 Å². The van der Waals surface area contributed by atoms with Crippen LogP contribution in [0.4, 0.5) is 17.1 Å². The van der Waals surface area contributed by atoms with E-state index in [-0.39, 0.29) is 52.6 Å². The fourth-order valence-corrected chi connectivity index (χ4v) is 9.84. The van der Waals surface area contributed by atoms with Gasteiger partial charge in [0.05, 0.1) is 15.2 Å². The molecule has 69 heavy (non-hydrogen) atoms. The Balaban J connectivity index is 1.04. The number of imide groups is 1. The Morgan fingerprint density at radius 2 is 1.45 bits per heavy atom.